The zero-order valence-corrected chi connectivity index (χ0v) is 17.4. The summed E-state index contributed by atoms with van der Waals surface area (Å²) in [6, 6.07) is 5.40. The fourth-order valence-corrected chi connectivity index (χ4v) is 3.92. The van der Waals surface area contributed by atoms with Gasteiger partial charge in [0.05, 0.1) is 33.1 Å². The van der Waals surface area contributed by atoms with Gasteiger partial charge in [-0.15, -0.1) is 0 Å². The number of hydrogen-bond donors (Lipinski definition) is 1. The Morgan fingerprint density at radius 2 is 2.07 bits per heavy atom. The molecule has 8 nitrogen and oxygen atoms in total. The third-order valence-corrected chi connectivity index (χ3v) is 5.32. The summed E-state index contributed by atoms with van der Waals surface area (Å²) in [6.45, 7) is 3.13. The van der Waals surface area contributed by atoms with E-state index in [2.05, 4.69) is 10.3 Å². The molecule has 0 spiro atoms. The number of fused-ring (bicyclic) bond motifs is 1. The predicted molar refractivity (Wildman–Crippen MR) is 110 cm³/mol. The summed E-state index contributed by atoms with van der Waals surface area (Å²) in [5.41, 5.74) is 1.72. The quantitative estimate of drug-likeness (QED) is 0.725. The van der Waals surface area contributed by atoms with E-state index in [9.17, 15) is 9.59 Å². The number of anilines is 1. The number of rotatable bonds is 6. The minimum Gasteiger partial charge on any atom is -0.493 e. The number of benzene rings is 1. The summed E-state index contributed by atoms with van der Waals surface area (Å²) >= 11 is 1.37. The van der Waals surface area contributed by atoms with Crippen molar-refractivity contribution in [1.82, 2.24) is 9.88 Å². The second-order valence-corrected chi connectivity index (χ2v) is 7.28. The first-order chi connectivity index (χ1) is 14.0. The Balaban J connectivity index is 1.62. The molecule has 29 heavy (non-hydrogen) atoms. The van der Waals surface area contributed by atoms with Crippen LogP contribution in [-0.2, 0) is 22.5 Å². The van der Waals surface area contributed by atoms with Gasteiger partial charge in [-0.05, 0) is 30.7 Å². The van der Waals surface area contributed by atoms with Crippen LogP contribution in [0.4, 0.5) is 9.93 Å². The number of nitrogens with zero attached hydrogens (tertiary/aromatic N) is 2. The van der Waals surface area contributed by atoms with Crippen molar-refractivity contribution in [3.05, 3.63) is 40.4 Å². The topological polar surface area (TPSA) is 90.0 Å². The van der Waals surface area contributed by atoms with Crippen molar-refractivity contribution in [3.63, 3.8) is 0 Å². The van der Waals surface area contributed by atoms with E-state index >= 15 is 0 Å². The maximum Gasteiger partial charge on any atom is 0.410 e. The maximum atomic E-state index is 12.3. The van der Waals surface area contributed by atoms with Crippen molar-refractivity contribution in [2.24, 2.45) is 0 Å². The smallest absolute Gasteiger partial charge is 0.410 e. The largest absolute Gasteiger partial charge is 0.493 e. The minimum atomic E-state index is -0.324. The Labute approximate surface area is 173 Å². The van der Waals surface area contributed by atoms with Crippen LogP contribution in [0.2, 0.25) is 0 Å². The molecule has 154 valence electrons. The highest BCUT2D eigenvalue weighted by Crippen LogP contribution is 2.29. The van der Waals surface area contributed by atoms with E-state index in [-0.39, 0.29) is 12.0 Å². The molecular formula is C20H23N3O5S. The van der Waals surface area contributed by atoms with Crippen LogP contribution in [0.3, 0.4) is 0 Å². The monoisotopic (exact) mass is 417 g/mol. The Morgan fingerprint density at radius 1 is 1.28 bits per heavy atom. The van der Waals surface area contributed by atoms with Gasteiger partial charge >= 0.3 is 6.09 Å². The minimum absolute atomic E-state index is 0.284. The molecule has 3 rings (SSSR count). The molecule has 0 saturated carbocycles. The molecule has 1 aliphatic heterocycles. The molecule has 1 aromatic carbocycles. The van der Waals surface area contributed by atoms with Crippen LogP contribution in [0.5, 0.6) is 11.5 Å². The van der Waals surface area contributed by atoms with Gasteiger partial charge in [-0.25, -0.2) is 9.78 Å². The van der Waals surface area contributed by atoms with Crippen molar-refractivity contribution in [1.29, 1.82) is 0 Å². The molecule has 1 N–H and O–H groups in total. The third-order valence-electron chi connectivity index (χ3n) is 4.32. The van der Waals surface area contributed by atoms with Gasteiger partial charge in [0.2, 0.25) is 5.91 Å². The van der Waals surface area contributed by atoms with E-state index in [0.29, 0.717) is 42.7 Å². The van der Waals surface area contributed by atoms with Gasteiger partial charge < -0.3 is 19.1 Å². The Morgan fingerprint density at radius 3 is 2.79 bits per heavy atom. The molecule has 0 bridgehead atoms. The number of aromatic nitrogens is 1. The van der Waals surface area contributed by atoms with E-state index in [4.69, 9.17) is 14.2 Å². The SMILES string of the molecule is CCOC(=O)N1CCc2nc(NC(=O)/C=C\c3ccc(OC)c(OC)c3)sc2C1. The summed E-state index contributed by atoms with van der Waals surface area (Å²) in [7, 11) is 3.13. The van der Waals surface area contributed by atoms with Crippen LogP contribution in [0.15, 0.2) is 24.3 Å². The number of ether oxygens (including phenoxy) is 3. The van der Waals surface area contributed by atoms with Gasteiger partial charge in [0.25, 0.3) is 0 Å². The lowest BCUT2D eigenvalue weighted by molar-refractivity contribution is -0.111. The highest BCUT2D eigenvalue weighted by Gasteiger charge is 2.25. The van der Waals surface area contributed by atoms with Gasteiger partial charge in [-0.1, -0.05) is 17.4 Å². The van der Waals surface area contributed by atoms with Crippen LogP contribution < -0.4 is 14.8 Å². The predicted octanol–water partition coefficient (Wildman–Crippen LogP) is 3.33. The number of amides is 2. The number of methoxy groups -OCH3 is 2. The molecular weight excluding hydrogens is 394 g/mol. The number of carbonyl (C=O) groups excluding carboxylic acids is 2. The highest BCUT2D eigenvalue weighted by molar-refractivity contribution is 7.15. The Kier molecular flexibility index (Phi) is 6.71. The molecule has 0 radical (unpaired) electrons. The average molecular weight is 417 g/mol. The van der Waals surface area contributed by atoms with Gasteiger partial charge in [0, 0.05) is 23.9 Å². The third kappa shape index (κ3) is 5.05. The zero-order valence-electron chi connectivity index (χ0n) is 16.6. The lowest BCUT2D eigenvalue weighted by Gasteiger charge is -2.24. The summed E-state index contributed by atoms with van der Waals surface area (Å²) in [4.78, 5) is 31.2. The second-order valence-electron chi connectivity index (χ2n) is 6.20. The van der Waals surface area contributed by atoms with Crippen LogP contribution in [0.1, 0.15) is 23.1 Å². The first kappa shape index (κ1) is 20.7. The summed E-state index contributed by atoms with van der Waals surface area (Å²) < 4.78 is 15.5. The summed E-state index contributed by atoms with van der Waals surface area (Å²) in [5, 5.41) is 3.30. The van der Waals surface area contributed by atoms with Gasteiger partial charge in [-0.3, -0.25) is 10.1 Å². The first-order valence-electron chi connectivity index (χ1n) is 9.15. The number of thiazole rings is 1. The molecule has 0 atom stereocenters. The maximum absolute atomic E-state index is 12.3. The van der Waals surface area contributed by atoms with Crippen LogP contribution >= 0.6 is 11.3 Å². The lowest BCUT2D eigenvalue weighted by Crippen LogP contribution is -2.35. The van der Waals surface area contributed by atoms with Crippen LogP contribution in [-0.4, -0.2) is 49.3 Å². The molecule has 1 aromatic heterocycles. The Bertz CT molecular complexity index is 925. The normalized spacial score (nSPS) is 13.1. The zero-order chi connectivity index (χ0) is 20.8. The number of hydrogen-bond acceptors (Lipinski definition) is 7. The molecule has 0 fully saturated rings. The number of carbonyl (C=O) groups is 2. The van der Waals surface area contributed by atoms with Crippen LogP contribution in [0, 0.1) is 0 Å². The van der Waals surface area contributed by atoms with Gasteiger partial charge in [0.15, 0.2) is 16.6 Å². The second kappa shape index (κ2) is 9.42. The van der Waals surface area contributed by atoms with E-state index in [0.717, 1.165) is 16.1 Å². The molecule has 2 heterocycles. The van der Waals surface area contributed by atoms with Crippen molar-refractivity contribution >= 4 is 34.5 Å². The molecule has 1 aliphatic rings. The van der Waals surface area contributed by atoms with E-state index in [1.54, 1.807) is 44.3 Å². The van der Waals surface area contributed by atoms with E-state index in [1.165, 1.54) is 17.4 Å². The van der Waals surface area contributed by atoms with Gasteiger partial charge in [0.1, 0.15) is 0 Å². The molecule has 0 aliphatic carbocycles. The highest BCUT2D eigenvalue weighted by atomic mass is 32.1. The van der Waals surface area contributed by atoms with Crippen molar-refractivity contribution in [2.75, 3.05) is 32.7 Å². The van der Waals surface area contributed by atoms with E-state index in [1.807, 2.05) is 6.07 Å². The average Bonchev–Trinajstić information content (AvgIpc) is 3.13. The fraction of sp³-hybridized carbons (Fsp3) is 0.350. The van der Waals surface area contributed by atoms with Crippen molar-refractivity contribution < 1.29 is 23.8 Å². The first-order valence-corrected chi connectivity index (χ1v) is 9.97. The van der Waals surface area contributed by atoms with Crippen molar-refractivity contribution in [2.45, 2.75) is 19.9 Å². The molecule has 2 amide bonds. The molecule has 0 saturated heterocycles. The molecule has 9 heteroatoms. The fourth-order valence-electron chi connectivity index (χ4n) is 2.89. The summed E-state index contributed by atoms with van der Waals surface area (Å²) in [6.07, 6.45) is 3.44. The van der Waals surface area contributed by atoms with Crippen molar-refractivity contribution in [3.8, 4) is 11.5 Å². The lowest BCUT2D eigenvalue weighted by atomic mass is 10.2. The van der Waals surface area contributed by atoms with Gasteiger partial charge in [-0.2, -0.15) is 0 Å². The molecule has 0 unspecified atom stereocenters. The summed E-state index contributed by atoms with van der Waals surface area (Å²) in [5.74, 6) is 0.932. The van der Waals surface area contributed by atoms with E-state index < -0.39 is 0 Å². The van der Waals surface area contributed by atoms with Crippen LogP contribution in [0.25, 0.3) is 6.08 Å². The molecule has 2 aromatic rings. The standard InChI is InChI=1S/C20H23N3O5S/c1-4-28-20(25)23-10-9-14-17(12-23)29-19(21-14)22-18(24)8-6-13-5-7-15(26-2)16(11-13)27-3/h5-8,11H,4,9-10,12H2,1-3H3,(H,21,22,24)/b8-6-. The Hall–Kier alpha value is -3.07. The number of nitrogens with one attached hydrogen (secondary N) is 1.